The van der Waals surface area contributed by atoms with E-state index in [2.05, 4.69) is 32.9 Å². The van der Waals surface area contributed by atoms with Gasteiger partial charge in [0.15, 0.2) is 5.11 Å². The maximum atomic E-state index is 5.11. The first-order valence-electron chi connectivity index (χ1n) is 2.87. The lowest BCUT2D eigenvalue weighted by atomic mass is 10.5. The van der Waals surface area contributed by atoms with Crippen LogP contribution < -0.4 is 11.2 Å². The normalized spacial score (nSPS) is 10.2. The van der Waals surface area contributed by atoms with Crippen molar-refractivity contribution in [3.8, 4) is 0 Å². The zero-order valence-corrected chi connectivity index (χ0v) is 6.43. The van der Waals surface area contributed by atoms with Crippen molar-refractivity contribution in [3.05, 3.63) is 18.0 Å². The van der Waals surface area contributed by atoms with Gasteiger partial charge >= 0.3 is 0 Å². The van der Waals surface area contributed by atoms with E-state index in [0.717, 1.165) is 5.69 Å². The Morgan fingerprint density at radius 3 is 3.27 bits per heavy atom. The molecule has 0 spiro atoms. The van der Waals surface area contributed by atoms with Crippen molar-refractivity contribution >= 4 is 23.5 Å². The number of thiocarbonyl (C=S) groups is 1. The van der Waals surface area contributed by atoms with Gasteiger partial charge in [-0.3, -0.25) is 10.5 Å². The summed E-state index contributed by atoms with van der Waals surface area (Å²) in [7, 11) is 0. The molecule has 0 radical (unpaired) electrons. The maximum absolute atomic E-state index is 5.11. The van der Waals surface area contributed by atoms with Gasteiger partial charge < -0.3 is 5.73 Å². The van der Waals surface area contributed by atoms with Gasteiger partial charge in [0, 0.05) is 6.20 Å². The molecule has 0 atom stereocenters. The zero-order valence-electron chi connectivity index (χ0n) is 5.61. The molecule has 1 heterocycles. The Morgan fingerprint density at radius 1 is 1.91 bits per heavy atom. The van der Waals surface area contributed by atoms with Crippen molar-refractivity contribution in [2.24, 2.45) is 10.8 Å². The summed E-state index contributed by atoms with van der Waals surface area (Å²) in [6.07, 6.45) is 3.16. The van der Waals surface area contributed by atoms with Crippen molar-refractivity contribution in [1.29, 1.82) is 0 Å². The zero-order chi connectivity index (χ0) is 8.10. The Labute approximate surface area is 68.7 Å². The minimum Gasteiger partial charge on any atom is -0.375 e. The van der Waals surface area contributed by atoms with Gasteiger partial charge in [0.1, 0.15) is 0 Å². The number of hydrogen-bond donors (Lipinski definition) is 3. The quantitative estimate of drug-likeness (QED) is 0.319. The highest BCUT2D eigenvalue weighted by Crippen LogP contribution is 1.83. The largest absolute Gasteiger partial charge is 0.375 e. The first kappa shape index (κ1) is 7.67. The fraction of sp³-hybridized carbons (Fsp3) is 0. The molecule has 0 aliphatic rings. The third-order valence-corrected chi connectivity index (χ3v) is 0.992. The summed E-state index contributed by atoms with van der Waals surface area (Å²) in [5.41, 5.74) is 8.31. The summed E-state index contributed by atoms with van der Waals surface area (Å²) in [5.74, 6) is 0. The second kappa shape index (κ2) is 3.67. The average molecular weight is 169 g/mol. The molecular formula is C5H7N5S. The van der Waals surface area contributed by atoms with Crippen LogP contribution in [0.3, 0.4) is 0 Å². The lowest BCUT2D eigenvalue weighted by molar-refractivity contribution is 1.03. The third-order valence-electron chi connectivity index (χ3n) is 0.901. The van der Waals surface area contributed by atoms with Crippen molar-refractivity contribution < 1.29 is 0 Å². The predicted octanol–water partition coefficient (Wildman–Crippen LogP) is -0.423. The van der Waals surface area contributed by atoms with E-state index in [1.165, 1.54) is 6.21 Å². The molecule has 1 aromatic rings. The third kappa shape index (κ3) is 2.76. The number of hydrazone groups is 1. The van der Waals surface area contributed by atoms with Crippen LogP contribution in [-0.4, -0.2) is 21.5 Å². The van der Waals surface area contributed by atoms with Gasteiger partial charge in [-0.1, -0.05) is 0 Å². The Kier molecular flexibility index (Phi) is 2.56. The molecular weight excluding hydrogens is 162 g/mol. The Bertz CT molecular complexity index is 252. The number of aromatic amines is 1. The van der Waals surface area contributed by atoms with Crippen molar-refractivity contribution in [1.82, 2.24) is 15.6 Å². The fourth-order valence-electron chi connectivity index (χ4n) is 0.504. The molecule has 0 fully saturated rings. The SMILES string of the molecule is NC(=S)N/N=C/c1ccn[nH]1. The van der Waals surface area contributed by atoms with Crippen LogP contribution in [0, 0.1) is 0 Å². The van der Waals surface area contributed by atoms with E-state index in [9.17, 15) is 0 Å². The van der Waals surface area contributed by atoms with Gasteiger partial charge in [0.25, 0.3) is 0 Å². The summed E-state index contributed by atoms with van der Waals surface area (Å²) in [6.45, 7) is 0. The molecule has 4 N–H and O–H groups in total. The highest BCUT2D eigenvalue weighted by molar-refractivity contribution is 7.80. The number of nitrogens with zero attached hydrogens (tertiary/aromatic N) is 2. The molecule has 0 unspecified atom stereocenters. The number of rotatable bonds is 2. The molecule has 0 aromatic carbocycles. The van der Waals surface area contributed by atoms with E-state index < -0.39 is 0 Å². The van der Waals surface area contributed by atoms with E-state index >= 15 is 0 Å². The smallest absolute Gasteiger partial charge is 0.184 e. The average Bonchev–Trinajstić information content (AvgIpc) is 2.39. The van der Waals surface area contributed by atoms with Gasteiger partial charge in [-0.2, -0.15) is 10.2 Å². The van der Waals surface area contributed by atoms with Gasteiger partial charge in [0.05, 0.1) is 11.9 Å². The topological polar surface area (TPSA) is 79.1 Å². The van der Waals surface area contributed by atoms with Crippen LogP contribution >= 0.6 is 12.2 Å². The van der Waals surface area contributed by atoms with Crippen LogP contribution in [0.1, 0.15) is 5.69 Å². The molecule has 6 heteroatoms. The van der Waals surface area contributed by atoms with Crippen molar-refractivity contribution in [3.63, 3.8) is 0 Å². The molecule has 0 amide bonds. The Balaban J connectivity index is 2.43. The van der Waals surface area contributed by atoms with Crippen LogP contribution in [-0.2, 0) is 0 Å². The fourth-order valence-corrected chi connectivity index (χ4v) is 0.557. The number of hydrogen-bond acceptors (Lipinski definition) is 3. The van der Waals surface area contributed by atoms with Crippen molar-refractivity contribution in [2.45, 2.75) is 0 Å². The summed E-state index contributed by atoms with van der Waals surface area (Å²) in [4.78, 5) is 0. The number of H-pyrrole nitrogens is 1. The number of nitrogens with one attached hydrogen (secondary N) is 2. The summed E-state index contributed by atoms with van der Waals surface area (Å²) in [5, 5.41) is 10.2. The summed E-state index contributed by atoms with van der Waals surface area (Å²) < 4.78 is 0. The minimum absolute atomic E-state index is 0.140. The Morgan fingerprint density at radius 2 is 2.73 bits per heavy atom. The second-order valence-corrected chi connectivity index (χ2v) is 2.19. The second-order valence-electron chi connectivity index (χ2n) is 1.75. The molecule has 0 aliphatic heterocycles. The minimum atomic E-state index is 0.140. The van der Waals surface area contributed by atoms with Crippen LogP contribution in [0.4, 0.5) is 0 Å². The molecule has 0 aliphatic carbocycles. The predicted molar refractivity (Wildman–Crippen MR) is 46.1 cm³/mol. The molecule has 1 aromatic heterocycles. The first-order chi connectivity index (χ1) is 5.29. The van der Waals surface area contributed by atoms with E-state index in [-0.39, 0.29) is 5.11 Å². The molecule has 58 valence electrons. The molecule has 0 saturated carbocycles. The van der Waals surface area contributed by atoms with E-state index in [0.29, 0.717) is 0 Å². The van der Waals surface area contributed by atoms with Crippen LogP contribution in [0.15, 0.2) is 17.4 Å². The molecule has 11 heavy (non-hydrogen) atoms. The standard InChI is InChI=1S/C5H7N5S/c6-5(11)10-8-3-4-1-2-7-9-4/h1-3H,(H,7,9)(H3,6,10,11)/b8-3+. The maximum Gasteiger partial charge on any atom is 0.184 e. The molecule has 0 bridgehead atoms. The van der Waals surface area contributed by atoms with E-state index in [1.54, 1.807) is 12.3 Å². The van der Waals surface area contributed by atoms with Gasteiger partial charge in [0.2, 0.25) is 0 Å². The summed E-state index contributed by atoms with van der Waals surface area (Å²) >= 11 is 4.52. The van der Waals surface area contributed by atoms with Gasteiger partial charge in [-0.15, -0.1) is 0 Å². The first-order valence-corrected chi connectivity index (χ1v) is 3.28. The molecule has 1 rings (SSSR count). The van der Waals surface area contributed by atoms with E-state index in [1.807, 2.05) is 0 Å². The monoisotopic (exact) mass is 169 g/mol. The number of aromatic nitrogens is 2. The van der Waals surface area contributed by atoms with Gasteiger partial charge in [-0.25, -0.2) is 0 Å². The van der Waals surface area contributed by atoms with E-state index in [4.69, 9.17) is 5.73 Å². The van der Waals surface area contributed by atoms with Gasteiger partial charge in [-0.05, 0) is 18.3 Å². The molecule has 5 nitrogen and oxygen atoms in total. The highest BCUT2D eigenvalue weighted by atomic mass is 32.1. The lowest BCUT2D eigenvalue weighted by Crippen LogP contribution is -2.24. The number of nitrogens with two attached hydrogens (primary N) is 1. The highest BCUT2D eigenvalue weighted by Gasteiger charge is 1.85. The van der Waals surface area contributed by atoms with Crippen LogP contribution in [0.25, 0.3) is 0 Å². The molecule has 0 saturated heterocycles. The lowest BCUT2D eigenvalue weighted by Gasteiger charge is -1.91. The Hall–Kier alpha value is -1.43. The summed E-state index contributed by atoms with van der Waals surface area (Å²) in [6, 6.07) is 1.77. The van der Waals surface area contributed by atoms with Crippen LogP contribution in [0.5, 0.6) is 0 Å². The van der Waals surface area contributed by atoms with Crippen molar-refractivity contribution in [2.75, 3.05) is 0 Å². The van der Waals surface area contributed by atoms with Crippen LogP contribution in [0.2, 0.25) is 0 Å².